The highest BCUT2D eigenvalue weighted by atomic mass is 35.5. The molecule has 0 unspecified atom stereocenters. The predicted octanol–water partition coefficient (Wildman–Crippen LogP) is 3.89. The van der Waals surface area contributed by atoms with Gasteiger partial charge < -0.3 is 4.74 Å². The van der Waals surface area contributed by atoms with Crippen LogP contribution in [0.2, 0.25) is 5.02 Å². The molecule has 0 N–H and O–H groups in total. The molecule has 0 radical (unpaired) electrons. The molecule has 0 bridgehead atoms. The number of alkyl halides is 2. The van der Waals surface area contributed by atoms with Gasteiger partial charge in [-0.05, 0) is 12.8 Å². The minimum Gasteiger partial charge on any atom is -0.386 e. The van der Waals surface area contributed by atoms with E-state index >= 15 is 0 Å². The van der Waals surface area contributed by atoms with Gasteiger partial charge in [-0.1, -0.05) is 11.6 Å². The van der Waals surface area contributed by atoms with Gasteiger partial charge in [-0.3, -0.25) is 4.98 Å². The molecule has 1 aromatic heterocycles. The van der Waals surface area contributed by atoms with Crippen LogP contribution in [0.5, 0.6) is 5.75 Å². The Hall–Kier alpha value is -1.41. The van der Waals surface area contributed by atoms with E-state index in [0.717, 1.165) is 0 Å². The molecule has 3 nitrogen and oxygen atoms in total. The van der Waals surface area contributed by atoms with Crippen LogP contribution in [0, 0.1) is 11.5 Å². The number of hydrogen-bond donors (Lipinski definition) is 0. The number of hydrogen-bond acceptors (Lipinski definition) is 3. The summed E-state index contributed by atoms with van der Waals surface area (Å²) in [5, 5.41) is 8.72. The summed E-state index contributed by atoms with van der Waals surface area (Å²) in [6.45, 7) is 0. The quantitative estimate of drug-likeness (QED) is 0.767. The normalized spacial score (nSPS) is 19.2. The SMILES string of the molecule is N#COc1cnc(C2CCC(F)(F)CC2)c(Cl)c1. The number of halogens is 3. The summed E-state index contributed by atoms with van der Waals surface area (Å²) < 4.78 is 30.7. The topological polar surface area (TPSA) is 45.9 Å². The largest absolute Gasteiger partial charge is 0.386 e. The monoisotopic (exact) mass is 272 g/mol. The number of nitrogens with zero attached hydrogens (tertiary/aromatic N) is 2. The van der Waals surface area contributed by atoms with E-state index in [2.05, 4.69) is 9.72 Å². The predicted molar refractivity (Wildman–Crippen MR) is 61.6 cm³/mol. The Morgan fingerprint density at radius 1 is 1.44 bits per heavy atom. The first-order valence-corrected chi connectivity index (χ1v) is 5.99. The summed E-state index contributed by atoms with van der Waals surface area (Å²) in [6.07, 6.45) is 3.39. The number of pyridine rings is 1. The van der Waals surface area contributed by atoms with E-state index in [1.807, 2.05) is 0 Å². The van der Waals surface area contributed by atoms with Crippen molar-refractivity contribution in [2.45, 2.75) is 37.5 Å². The summed E-state index contributed by atoms with van der Waals surface area (Å²) in [6, 6.07) is 1.49. The van der Waals surface area contributed by atoms with Crippen molar-refractivity contribution in [3.05, 3.63) is 23.0 Å². The number of rotatable bonds is 2. The van der Waals surface area contributed by atoms with Gasteiger partial charge in [-0.2, -0.15) is 0 Å². The summed E-state index contributed by atoms with van der Waals surface area (Å²) >= 11 is 6.03. The lowest BCUT2D eigenvalue weighted by Gasteiger charge is -2.28. The van der Waals surface area contributed by atoms with Gasteiger partial charge in [0.25, 0.3) is 6.26 Å². The molecule has 1 heterocycles. The van der Waals surface area contributed by atoms with Crippen LogP contribution in [0.4, 0.5) is 8.78 Å². The van der Waals surface area contributed by atoms with Gasteiger partial charge in [0, 0.05) is 24.8 Å². The van der Waals surface area contributed by atoms with Crippen LogP contribution < -0.4 is 4.74 Å². The van der Waals surface area contributed by atoms with Crippen molar-refractivity contribution in [2.75, 3.05) is 0 Å². The van der Waals surface area contributed by atoms with E-state index in [4.69, 9.17) is 16.9 Å². The molecule has 6 heteroatoms. The van der Waals surface area contributed by atoms with Crippen molar-refractivity contribution in [3.63, 3.8) is 0 Å². The smallest absolute Gasteiger partial charge is 0.292 e. The van der Waals surface area contributed by atoms with Crippen LogP contribution in [0.1, 0.15) is 37.3 Å². The van der Waals surface area contributed by atoms with Crippen LogP contribution in [-0.4, -0.2) is 10.9 Å². The molecule has 2 rings (SSSR count). The highest BCUT2D eigenvalue weighted by Crippen LogP contribution is 2.42. The first-order chi connectivity index (χ1) is 8.52. The van der Waals surface area contributed by atoms with Crippen molar-refractivity contribution < 1.29 is 13.5 Å². The maximum atomic E-state index is 13.0. The molecule has 0 spiro atoms. The third-order valence-corrected chi connectivity index (χ3v) is 3.41. The Morgan fingerprint density at radius 2 is 2.11 bits per heavy atom. The standard InChI is InChI=1S/C12H11ClF2N2O/c13-10-5-9(18-7-16)6-17-11(10)8-1-3-12(14,15)4-2-8/h5-6,8H,1-4H2. The minimum absolute atomic E-state index is 0.0479. The van der Waals surface area contributed by atoms with Gasteiger partial charge in [-0.25, -0.2) is 8.78 Å². The third-order valence-electron chi connectivity index (χ3n) is 3.11. The summed E-state index contributed by atoms with van der Waals surface area (Å²) in [4.78, 5) is 4.12. The van der Waals surface area contributed by atoms with Crippen LogP contribution in [0.15, 0.2) is 12.3 Å². The van der Waals surface area contributed by atoms with E-state index in [9.17, 15) is 8.78 Å². The molecule has 0 amide bonds. The highest BCUT2D eigenvalue weighted by molar-refractivity contribution is 6.31. The number of ether oxygens (including phenoxy) is 1. The van der Waals surface area contributed by atoms with Gasteiger partial charge >= 0.3 is 0 Å². The van der Waals surface area contributed by atoms with E-state index in [-0.39, 0.29) is 24.5 Å². The molecule has 0 atom stereocenters. The van der Waals surface area contributed by atoms with Crippen molar-refractivity contribution >= 4 is 11.6 Å². The average Bonchev–Trinajstić information content (AvgIpc) is 2.31. The van der Waals surface area contributed by atoms with Crippen LogP contribution in [-0.2, 0) is 0 Å². The number of aromatic nitrogens is 1. The Labute approximate surface area is 108 Å². The van der Waals surface area contributed by atoms with Crippen molar-refractivity contribution in [1.29, 1.82) is 5.26 Å². The van der Waals surface area contributed by atoms with Gasteiger partial charge in [0.2, 0.25) is 5.92 Å². The molecule has 18 heavy (non-hydrogen) atoms. The van der Waals surface area contributed by atoms with E-state index in [1.165, 1.54) is 18.5 Å². The lowest BCUT2D eigenvalue weighted by molar-refractivity contribution is -0.0384. The zero-order valence-corrected chi connectivity index (χ0v) is 10.3. The molecule has 0 saturated heterocycles. The first kappa shape index (κ1) is 13.0. The van der Waals surface area contributed by atoms with Crippen LogP contribution >= 0.6 is 11.6 Å². The molecule has 1 saturated carbocycles. The fourth-order valence-corrected chi connectivity index (χ4v) is 2.46. The second kappa shape index (κ2) is 5.07. The Bertz CT molecular complexity index is 477. The minimum atomic E-state index is -2.56. The molecule has 1 aliphatic carbocycles. The van der Waals surface area contributed by atoms with Gasteiger partial charge in [0.05, 0.1) is 16.9 Å². The third kappa shape index (κ3) is 2.88. The zero-order valence-electron chi connectivity index (χ0n) is 9.50. The lowest BCUT2D eigenvalue weighted by atomic mass is 9.84. The maximum Gasteiger partial charge on any atom is 0.292 e. The summed E-state index contributed by atoms with van der Waals surface area (Å²) in [5.41, 5.74) is 0.609. The van der Waals surface area contributed by atoms with E-state index < -0.39 is 5.92 Å². The van der Waals surface area contributed by atoms with Gasteiger partial charge in [0.1, 0.15) is 0 Å². The second-order valence-electron chi connectivity index (χ2n) is 4.36. The van der Waals surface area contributed by atoms with Crippen molar-refractivity contribution in [1.82, 2.24) is 4.98 Å². The maximum absolute atomic E-state index is 13.0. The second-order valence-corrected chi connectivity index (χ2v) is 4.77. The van der Waals surface area contributed by atoms with Crippen LogP contribution in [0.25, 0.3) is 0 Å². The first-order valence-electron chi connectivity index (χ1n) is 5.61. The fraction of sp³-hybridized carbons (Fsp3) is 0.500. The van der Waals surface area contributed by atoms with E-state index in [1.54, 1.807) is 0 Å². The molecule has 0 aromatic carbocycles. The molecule has 1 fully saturated rings. The molecular formula is C12H11ClF2N2O. The average molecular weight is 273 g/mol. The molecule has 1 aromatic rings. The van der Waals surface area contributed by atoms with Crippen LogP contribution in [0.3, 0.4) is 0 Å². The Kier molecular flexibility index (Phi) is 3.67. The summed E-state index contributed by atoms with van der Waals surface area (Å²) in [7, 11) is 0. The zero-order chi connectivity index (χ0) is 13.2. The van der Waals surface area contributed by atoms with Gasteiger partial charge in [0.15, 0.2) is 5.75 Å². The highest BCUT2D eigenvalue weighted by Gasteiger charge is 2.36. The lowest BCUT2D eigenvalue weighted by Crippen LogP contribution is -2.24. The Balaban J connectivity index is 2.13. The van der Waals surface area contributed by atoms with Gasteiger partial charge in [-0.15, -0.1) is 5.26 Å². The Morgan fingerprint density at radius 3 is 2.67 bits per heavy atom. The van der Waals surface area contributed by atoms with Crippen molar-refractivity contribution in [2.24, 2.45) is 0 Å². The number of nitriles is 1. The molecule has 0 aliphatic heterocycles. The van der Waals surface area contributed by atoms with E-state index in [0.29, 0.717) is 23.6 Å². The molecular weight excluding hydrogens is 262 g/mol. The van der Waals surface area contributed by atoms with Crippen molar-refractivity contribution in [3.8, 4) is 12.0 Å². The summed E-state index contributed by atoms with van der Waals surface area (Å²) in [5.74, 6) is -2.35. The fourth-order valence-electron chi connectivity index (χ4n) is 2.15. The molecule has 96 valence electrons. The molecule has 1 aliphatic rings.